The van der Waals surface area contributed by atoms with E-state index >= 15 is 0 Å². The predicted molar refractivity (Wildman–Crippen MR) is 63.1 cm³/mol. The Kier molecular flexibility index (Phi) is 7.89. The van der Waals surface area contributed by atoms with Crippen molar-refractivity contribution in [1.82, 2.24) is 0 Å². The Hall–Kier alpha value is -0.910. The fraction of sp³-hybridized carbons (Fsp3) is 0.778. The zero-order chi connectivity index (χ0) is 11.7. The van der Waals surface area contributed by atoms with Gasteiger partial charge in [-0.1, -0.05) is 19.3 Å². The van der Waals surface area contributed by atoms with Crippen LogP contribution >= 0.6 is 11.8 Å². The largest absolute Gasteiger partial charge is 0.480 e. The molecular formula is C9H19N3O2S. The molecule has 0 aromatic carbocycles. The first-order valence-corrected chi connectivity index (χ1v) is 6.03. The maximum absolute atomic E-state index is 10.6. The van der Waals surface area contributed by atoms with Crippen LogP contribution in [0, 0.1) is 5.41 Å². The molecule has 1 unspecified atom stereocenters. The molecule has 6 N–H and O–H groups in total. The SMILES string of the molecule is N=C(N)N.O=C(O)C1CCCCCCS1. The lowest BCUT2D eigenvalue weighted by Gasteiger charge is -2.14. The molecule has 1 aliphatic heterocycles. The van der Waals surface area contributed by atoms with Gasteiger partial charge < -0.3 is 16.6 Å². The number of aliphatic carboxylic acids is 1. The van der Waals surface area contributed by atoms with Crippen molar-refractivity contribution in [2.24, 2.45) is 11.5 Å². The van der Waals surface area contributed by atoms with Crippen molar-refractivity contribution in [3.05, 3.63) is 0 Å². The van der Waals surface area contributed by atoms with E-state index in [9.17, 15) is 4.79 Å². The third-order valence-electron chi connectivity index (χ3n) is 1.96. The molecule has 0 bridgehead atoms. The van der Waals surface area contributed by atoms with Gasteiger partial charge in [0.05, 0.1) is 0 Å². The normalized spacial score (nSPS) is 21.5. The Labute approximate surface area is 94.1 Å². The molecule has 88 valence electrons. The number of guanidine groups is 1. The van der Waals surface area contributed by atoms with Crippen molar-refractivity contribution in [2.75, 3.05) is 5.75 Å². The summed E-state index contributed by atoms with van der Waals surface area (Å²) in [5.41, 5.74) is 8.94. The topological polar surface area (TPSA) is 113 Å². The molecule has 1 rings (SSSR count). The van der Waals surface area contributed by atoms with Gasteiger partial charge in [0, 0.05) is 0 Å². The number of carboxylic acid groups (broad SMARTS) is 1. The molecule has 1 aliphatic rings. The molecule has 6 heteroatoms. The molecular weight excluding hydrogens is 214 g/mol. The van der Waals surface area contributed by atoms with E-state index in [1.165, 1.54) is 19.3 Å². The first kappa shape index (κ1) is 14.1. The molecule has 5 nitrogen and oxygen atoms in total. The molecule has 15 heavy (non-hydrogen) atoms. The molecule has 0 aromatic rings. The van der Waals surface area contributed by atoms with Crippen LogP contribution in [0.2, 0.25) is 0 Å². The number of hydrogen-bond acceptors (Lipinski definition) is 3. The van der Waals surface area contributed by atoms with Crippen LogP contribution in [0.3, 0.4) is 0 Å². The zero-order valence-corrected chi connectivity index (χ0v) is 9.55. The van der Waals surface area contributed by atoms with Crippen molar-refractivity contribution < 1.29 is 9.90 Å². The highest BCUT2D eigenvalue weighted by molar-refractivity contribution is 8.00. The summed E-state index contributed by atoms with van der Waals surface area (Å²) < 4.78 is 0. The highest BCUT2D eigenvalue weighted by atomic mass is 32.2. The molecule has 0 aromatic heterocycles. The Bertz CT molecular complexity index is 200. The molecule has 0 amide bonds. The Morgan fingerprint density at radius 2 is 1.80 bits per heavy atom. The monoisotopic (exact) mass is 233 g/mol. The number of carbonyl (C=O) groups is 1. The maximum Gasteiger partial charge on any atom is 0.316 e. The Balaban J connectivity index is 0.000000423. The first-order valence-electron chi connectivity index (χ1n) is 4.98. The van der Waals surface area contributed by atoms with E-state index < -0.39 is 5.97 Å². The van der Waals surface area contributed by atoms with Gasteiger partial charge >= 0.3 is 5.97 Å². The summed E-state index contributed by atoms with van der Waals surface area (Å²) in [6, 6.07) is 0. The summed E-state index contributed by atoms with van der Waals surface area (Å²) in [7, 11) is 0. The molecule has 0 aliphatic carbocycles. The molecule has 0 spiro atoms. The van der Waals surface area contributed by atoms with Crippen LogP contribution in [0.25, 0.3) is 0 Å². The van der Waals surface area contributed by atoms with E-state index in [1.54, 1.807) is 11.8 Å². The average Bonchev–Trinajstić information content (AvgIpc) is 2.00. The van der Waals surface area contributed by atoms with Crippen LogP contribution < -0.4 is 11.5 Å². The molecule has 1 heterocycles. The highest BCUT2D eigenvalue weighted by Gasteiger charge is 2.18. The number of rotatable bonds is 1. The average molecular weight is 233 g/mol. The van der Waals surface area contributed by atoms with Crippen LogP contribution in [0.15, 0.2) is 0 Å². The van der Waals surface area contributed by atoms with Crippen LogP contribution in [-0.2, 0) is 4.79 Å². The molecule has 0 saturated carbocycles. The lowest BCUT2D eigenvalue weighted by molar-refractivity contribution is -0.136. The van der Waals surface area contributed by atoms with Gasteiger partial charge in [-0.15, -0.1) is 11.8 Å². The summed E-state index contributed by atoms with van der Waals surface area (Å²) in [5.74, 6) is 0.0636. The minimum atomic E-state index is -0.628. The number of nitrogens with one attached hydrogen (secondary N) is 1. The van der Waals surface area contributed by atoms with Crippen molar-refractivity contribution >= 4 is 23.7 Å². The Morgan fingerprint density at radius 3 is 2.33 bits per heavy atom. The predicted octanol–water partition coefficient (Wildman–Crippen LogP) is 0.975. The van der Waals surface area contributed by atoms with Gasteiger partial charge in [-0.3, -0.25) is 10.2 Å². The van der Waals surface area contributed by atoms with Crippen LogP contribution in [0.1, 0.15) is 32.1 Å². The van der Waals surface area contributed by atoms with E-state index in [0.717, 1.165) is 18.6 Å². The standard InChI is InChI=1S/C8H14O2S.CH5N3/c9-8(10)7-5-3-1-2-4-6-11-7;2-1(3)4/h7H,1-6H2,(H,9,10);(H5,2,3,4). The van der Waals surface area contributed by atoms with E-state index in [4.69, 9.17) is 10.5 Å². The summed E-state index contributed by atoms with van der Waals surface area (Å²) in [6.45, 7) is 0. The van der Waals surface area contributed by atoms with Crippen molar-refractivity contribution in [3.63, 3.8) is 0 Å². The van der Waals surface area contributed by atoms with Crippen molar-refractivity contribution in [3.8, 4) is 0 Å². The van der Waals surface area contributed by atoms with Gasteiger partial charge in [0.2, 0.25) is 0 Å². The van der Waals surface area contributed by atoms with Gasteiger partial charge in [0.1, 0.15) is 5.25 Å². The fourth-order valence-corrected chi connectivity index (χ4v) is 2.42. The van der Waals surface area contributed by atoms with E-state index in [1.807, 2.05) is 0 Å². The smallest absolute Gasteiger partial charge is 0.316 e. The molecule has 1 fully saturated rings. The van der Waals surface area contributed by atoms with E-state index in [0.29, 0.717) is 0 Å². The van der Waals surface area contributed by atoms with Crippen molar-refractivity contribution in [2.45, 2.75) is 37.4 Å². The second-order valence-electron chi connectivity index (χ2n) is 3.36. The third kappa shape index (κ3) is 9.40. The maximum atomic E-state index is 10.6. The van der Waals surface area contributed by atoms with Gasteiger partial charge in [-0.2, -0.15) is 0 Å². The van der Waals surface area contributed by atoms with Gasteiger partial charge in [-0.25, -0.2) is 0 Å². The molecule has 1 saturated heterocycles. The fourth-order valence-electron chi connectivity index (χ4n) is 1.29. The minimum absolute atomic E-state index is 0.129. The summed E-state index contributed by atoms with van der Waals surface area (Å²) >= 11 is 1.61. The summed E-state index contributed by atoms with van der Waals surface area (Å²) in [5, 5.41) is 14.7. The second kappa shape index (κ2) is 8.40. The number of thioether (sulfide) groups is 1. The van der Waals surface area contributed by atoms with Gasteiger partial charge in [-0.05, 0) is 18.6 Å². The molecule has 1 atom stereocenters. The van der Waals surface area contributed by atoms with Gasteiger partial charge in [0.15, 0.2) is 5.96 Å². The van der Waals surface area contributed by atoms with E-state index in [-0.39, 0.29) is 11.2 Å². The lowest BCUT2D eigenvalue weighted by atomic mass is 10.1. The second-order valence-corrected chi connectivity index (χ2v) is 4.67. The minimum Gasteiger partial charge on any atom is -0.480 e. The zero-order valence-electron chi connectivity index (χ0n) is 8.74. The summed E-state index contributed by atoms with van der Waals surface area (Å²) in [6.07, 6.45) is 5.63. The number of hydrogen-bond donors (Lipinski definition) is 4. The number of nitrogens with two attached hydrogens (primary N) is 2. The molecule has 0 radical (unpaired) electrons. The first-order chi connectivity index (χ1) is 7.04. The van der Waals surface area contributed by atoms with Crippen LogP contribution in [0.4, 0.5) is 0 Å². The van der Waals surface area contributed by atoms with Crippen LogP contribution in [-0.4, -0.2) is 28.0 Å². The summed E-state index contributed by atoms with van der Waals surface area (Å²) in [4.78, 5) is 10.6. The quantitative estimate of drug-likeness (QED) is 0.398. The Morgan fingerprint density at radius 1 is 1.27 bits per heavy atom. The van der Waals surface area contributed by atoms with Crippen molar-refractivity contribution in [1.29, 1.82) is 5.41 Å². The third-order valence-corrected chi connectivity index (χ3v) is 3.32. The highest BCUT2D eigenvalue weighted by Crippen LogP contribution is 2.23. The van der Waals surface area contributed by atoms with Crippen LogP contribution in [0.5, 0.6) is 0 Å². The van der Waals surface area contributed by atoms with E-state index in [2.05, 4.69) is 11.5 Å². The number of carboxylic acids is 1. The van der Waals surface area contributed by atoms with Gasteiger partial charge in [0.25, 0.3) is 0 Å². The lowest BCUT2D eigenvalue weighted by Crippen LogP contribution is -2.20.